The Morgan fingerprint density at radius 3 is 2.64 bits per heavy atom. The molecule has 1 N–H and O–H groups in total. The van der Waals surface area contributed by atoms with Crippen molar-refractivity contribution in [2.45, 2.75) is 31.7 Å². The number of alkyl halides is 2. The summed E-state index contributed by atoms with van der Waals surface area (Å²) in [4.78, 5) is 8.52. The van der Waals surface area contributed by atoms with Gasteiger partial charge in [-0.2, -0.15) is 8.78 Å². The normalized spacial score (nSPS) is 24.8. The van der Waals surface area contributed by atoms with Crippen LogP contribution >= 0.6 is 0 Å². The van der Waals surface area contributed by atoms with E-state index in [9.17, 15) is 13.9 Å². The van der Waals surface area contributed by atoms with Crippen LogP contribution in [0.4, 0.5) is 8.78 Å². The van der Waals surface area contributed by atoms with E-state index in [4.69, 9.17) is 0 Å². The van der Waals surface area contributed by atoms with Crippen molar-refractivity contribution in [1.29, 1.82) is 0 Å². The molecule has 1 fully saturated rings. The van der Waals surface area contributed by atoms with Gasteiger partial charge >= 0.3 is 6.55 Å². The van der Waals surface area contributed by atoms with E-state index in [0.29, 0.717) is 12.4 Å². The topological polar surface area (TPSA) is 44.5 Å². The first-order chi connectivity index (χ1) is 12.1. The molecule has 1 aromatic heterocycles. The second kappa shape index (κ2) is 6.82. The monoisotopic (exact) mass is 348 g/mol. The van der Waals surface area contributed by atoms with Gasteiger partial charge in [0, 0.05) is 44.6 Å². The SMILES string of the molecule is OC1c2ccccc2CC1N1CCN(Cc2nccn2C(F)F)CC1. The summed E-state index contributed by atoms with van der Waals surface area (Å²) in [6, 6.07) is 8.17. The van der Waals surface area contributed by atoms with E-state index in [0.717, 1.165) is 42.7 Å². The van der Waals surface area contributed by atoms with Gasteiger partial charge in [-0.25, -0.2) is 4.98 Å². The first kappa shape index (κ1) is 16.6. The number of aliphatic hydroxyl groups is 1. The van der Waals surface area contributed by atoms with Gasteiger partial charge in [0.05, 0.1) is 12.6 Å². The van der Waals surface area contributed by atoms with Gasteiger partial charge in [-0.3, -0.25) is 14.4 Å². The average Bonchev–Trinajstić information content (AvgIpc) is 3.21. The summed E-state index contributed by atoms with van der Waals surface area (Å²) in [5.74, 6) is 0.400. The molecule has 0 bridgehead atoms. The van der Waals surface area contributed by atoms with Crippen molar-refractivity contribution in [2.24, 2.45) is 0 Å². The minimum Gasteiger partial charge on any atom is -0.387 e. The lowest BCUT2D eigenvalue weighted by atomic mass is 10.1. The third-order valence-electron chi connectivity index (χ3n) is 5.37. The summed E-state index contributed by atoms with van der Waals surface area (Å²) in [5.41, 5.74) is 2.26. The predicted molar refractivity (Wildman–Crippen MR) is 89.2 cm³/mol. The smallest absolute Gasteiger partial charge is 0.319 e. The van der Waals surface area contributed by atoms with Gasteiger partial charge in [0.2, 0.25) is 0 Å². The molecule has 5 nitrogen and oxygen atoms in total. The van der Waals surface area contributed by atoms with Crippen molar-refractivity contribution >= 4 is 0 Å². The number of fused-ring (bicyclic) bond motifs is 1. The number of benzene rings is 1. The first-order valence-electron chi connectivity index (χ1n) is 8.65. The van der Waals surface area contributed by atoms with Crippen molar-refractivity contribution in [3.05, 3.63) is 53.6 Å². The molecule has 25 heavy (non-hydrogen) atoms. The van der Waals surface area contributed by atoms with Gasteiger partial charge in [-0.1, -0.05) is 24.3 Å². The number of aliphatic hydroxyl groups excluding tert-OH is 1. The highest BCUT2D eigenvalue weighted by Gasteiger charge is 2.36. The number of hydrogen-bond acceptors (Lipinski definition) is 4. The number of hydrogen-bond donors (Lipinski definition) is 1. The van der Waals surface area contributed by atoms with Crippen LogP contribution < -0.4 is 0 Å². The van der Waals surface area contributed by atoms with Crippen molar-refractivity contribution in [1.82, 2.24) is 19.4 Å². The van der Waals surface area contributed by atoms with Crippen molar-refractivity contribution in [2.75, 3.05) is 26.2 Å². The number of imidazole rings is 1. The minimum absolute atomic E-state index is 0.114. The second-order valence-electron chi connectivity index (χ2n) is 6.76. The molecule has 1 aliphatic heterocycles. The Balaban J connectivity index is 1.36. The van der Waals surface area contributed by atoms with Crippen molar-refractivity contribution in [3.63, 3.8) is 0 Å². The van der Waals surface area contributed by atoms with Crippen LogP contribution in [0.15, 0.2) is 36.7 Å². The lowest BCUT2D eigenvalue weighted by Crippen LogP contribution is -2.51. The number of rotatable bonds is 4. The summed E-state index contributed by atoms with van der Waals surface area (Å²) < 4.78 is 26.8. The minimum atomic E-state index is -2.55. The number of nitrogens with zero attached hydrogens (tertiary/aromatic N) is 4. The lowest BCUT2D eigenvalue weighted by molar-refractivity contribution is 0.0224. The zero-order valence-corrected chi connectivity index (χ0v) is 13.9. The average molecular weight is 348 g/mol. The summed E-state index contributed by atoms with van der Waals surface area (Å²) >= 11 is 0. The van der Waals surface area contributed by atoms with Gasteiger partial charge in [0.25, 0.3) is 0 Å². The molecule has 0 amide bonds. The van der Waals surface area contributed by atoms with Crippen LogP contribution in [0.3, 0.4) is 0 Å². The zero-order chi connectivity index (χ0) is 17.4. The molecule has 7 heteroatoms. The summed E-state index contributed by atoms with van der Waals surface area (Å²) in [7, 11) is 0. The predicted octanol–water partition coefficient (Wildman–Crippen LogP) is 2.05. The van der Waals surface area contributed by atoms with E-state index in [1.54, 1.807) is 0 Å². The van der Waals surface area contributed by atoms with Crippen LogP contribution in [-0.2, 0) is 13.0 Å². The fraction of sp³-hybridized carbons (Fsp3) is 0.500. The van der Waals surface area contributed by atoms with Crippen LogP contribution in [0.2, 0.25) is 0 Å². The Kier molecular flexibility index (Phi) is 4.54. The van der Waals surface area contributed by atoms with Crippen LogP contribution in [0.5, 0.6) is 0 Å². The quantitative estimate of drug-likeness (QED) is 0.919. The molecule has 2 atom stereocenters. The van der Waals surface area contributed by atoms with Crippen LogP contribution in [0, 0.1) is 0 Å². The highest BCUT2D eigenvalue weighted by atomic mass is 19.3. The fourth-order valence-electron chi connectivity index (χ4n) is 3.98. The maximum Gasteiger partial charge on any atom is 0.319 e. The molecular weight excluding hydrogens is 326 g/mol. The molecule has 1 aromatic carbocycles. The van der Waals surface area contributed by atoms with Crippen LogP contribution in [-0.4, -0.2) is 56.7 Å². The summed E-state index contributed by atoms with van der Waals surface area (Å²) in [6.45, 7) is 1.10. The van der Waals surface area contributed by atoms with Crippen molar-refractivity contribution in [3.8, 4) is 0 Å². The molecule has 0 saturated carbocycles. The number of piperazine rings is 1. The molecule has 2 aromatic rings. The number of halogens is 2. The maximum absolute atomic E-state index is 12.9. The third kappa shape index (κ3) is 3.19. The van der Waals surface area contributed by atoms with E-state index >= 15 is 0 Å². The molecule has 2 heterocycles. The Hall–Kier alpha value is -1.83. The van der Waals surface area contributed by atoms with E-state index in [1.807, 2.05) is 18.2 Å². The molecule has 4 rings (SSSR count). The molecule has 2 unspecified atom stereocenters. The van der Waals surface area contributed by atoms with Crippen LogP contribution in [0.25, 0.3) is 0 Å². The molecular formula is C18H22F2N4O. The first-order valence-corrected chi connectivity index (χ1v) is 8.65. The van der Waals surface area contributed by atoms with Gasteiger partial charge in [0.15, 0.2) is 0 Å². The molecule has 1 aliphatic carbocycles. The summed E-state index contributed by atoms with van der Waals surface area (Å²) in [5, 5.41) is 10.6. The Bertz CT molecular complexity index is 727. The van der Waals surface area contributed by atoms with Gasteiger partial charge < -0.3 is 5.11 Å². The highest BCUT2D eigenvalue weighted by Crippen LogP contribution is 2.34. The van der Waals surface area contributed by atoms with E-state index < -0.39 is 12.7 Å². The van der Waals surface area contributed by atoms with Gasteiger partial charge in [-0.15, -0.1) is 0 Å². The Morgan fingerprint density at radius 1 is 1.16 bits per heavy atom. The molecule has 0 spiro atoms. The van der Waals surface area contributed by atoms with E-state index in [1.165, 1.54) is 18.0 Å². The van der Waals surface area contributed by atoms with Gasteiger partial charge in [0.1, 0.15) is 5.82 Å². The van der Waals surface area contributed by atoms with Gasteiger partial charge in [-0.05, 0) is 17.5 Å². The Morgan fingerprint density at radius 2 is 1.92 bits per heavy atom. The van der Waals surface area contributed by atoms with E-state index in [2.05, 4.69) is 20.9 Å². The summed E-state index contributed by atoms with van der Waals surface area (Å²) in [6.07, 6.45) is 3.17. The number of aromatic nitrogens is 2. The molecule has 2 aliphatic rings. The second-order valence-corrected chi connectivity index (χ2v) is 6.76. The third-order valence-corrected chi connectivity index (χ3v) is 5.37. The largest absolute Gasteiger partial charge is 0.387 e. The maximum atomic E-state index is 12.9. The molecule has 0 radical (unpaired) electrons. The van der Waals surface area contributed by atoms with E-state index in [-0.39, 0.29) is 6.04 Å². The fourth-order valence-corrected chi connectivity index (χ4v) is 3.98. The van der Waals surface area contributed by atoms with Crippen LogP contribution in [0.1, 0.15) is 29.6 Å². The van der Waals surface area contributed by atoms with Crippen molar-refractivity contribution < 1.29 is 13.9 Å². The zero-order valence-electron chi connectivity index (χ0n) is 13.9. The lowest BCUT2D eigenvalue weighted by Gasteiger charge is -2.39. The Labute approximate surface area is 145 Å². The standard InChI is InChI=1S/C18H22F2N4O/c19-18(20)24-6-5-21-16(24)12-22-7-9-23(10-8-22)15-11-13-3-1-2-4-14(13)17(15)25/h1-6,15,17-18,25H,7-12H2. The highest BCUT2D eigenvalue weighted by molar-refractivity contribution is 5.36. The molecule has 1 saturated heterocycles. The molecule has 134 valence electrons.